The van der Waals surface area contributed by atoms with Crippen molar-refractivity contribution in [2.75, 3.05) is 12.4 Å². The first-order chi connectivity index (χ1) is 6.63. The van der Waals surface area contributed by atoms with Gasteiger partial charge in [0.2, 0.25) is 0 Å². The monoisotopic (exact) mass is 219 g/mol. The van der Waals surface area contributed by atoms with Crippen LogP contribution in [0.25, 0.3) is 0 Å². The first-order valence-corrected chi connectivity index (χ1v) is 4.72. The number of rotatable bonds is 4. The molecular formula is C6H9N3O4S. The number of aliphatic hydroxyl groups is 2. The molecule has 1 aromatic heterocycles. The average molecular weight is 219 g/mol. The lowest BCUT2D eigenvalue weighted by Gasteiger charge is -2.03. The third-order valence-electron chi connectivity index (χ3n) is 1.30. The molecule has 0 fully saturated rings. The summed E-state index contributed by atoms with van der Waals surface area (Å²) in [6, 6.07) is 0. The highest BCUT2D eigenvalue weighted by atomic mass is 32.2. The number of aromatic nitrogens is 3. The molecule has 0 saturated heterocycles. The molecule has 4 N–H and O–H groups in total. The molecule has 0 aliphatic carbocycles. The predicted octanol–water partition coefficient (Wildman–Crippen LogP) is -2.10. The van der Waals surface area contributed by atoms with Crippen LogP contribution in [0.15, 0.2) is 14.6 Å². The first-order valence-electron chi connectivity index (χ1n) is 3.74. The lowest BCUT2D eigenvalue weighted by Crippen LogP contribution is -2.26. The number of nitrogens with one attached hydrogen (secondary N) is 2. The largest absolute Gasteiger partial charge is 0.394 e. The minimum absolute atomic E-state index is 0.0529. The molecule has 78 valence electrons. The molecule has 1 unspecified atom stereocenters. The smallest absolute Gasteiger partial charge is 0.342 e. The zero-order chi connectivity index (χ0) is 10.6. The maximum Gasteiger partial charge on any atom is 0.342 e. The van der Waals surface area contributed by atoms with E-state index in [-0.39, 0.29) is 17.4 Å². The third kappa shape index (κ3) is 2.98. The van der Waals surface area contributed by atoms with Crippen molar-refractivity contribution < 1.29 is 10.2 Å². The van der Waals surface area contributed by atoms with Gasteiger partial charge < -0.3 is 10.2 Å². The van der Waals surface area contributed by atoms with Crippen LogP contribution < -0.4 is 11.2 Å². The Morgan fingerprint density at radius 1 is 1.50 bits per heavy atom. The van der Waals surface area contributed by atoms with Gasteiger partial charge in [0.15, 0.2) is 5.03 Å². The van der Waals surface area contributed by atoms with Crippen LogP contribution in [-0.4, -0.2) is 43.9 Å². The summed E-state index contributed by atoms with van der Waals surface area (Å²) in [4.78, 5) is 23.6. The van der Waals surface area contributed by atoms with Gasteiger partial charge in [0.1, 0.15) is 0 Å². The lowest BCUT2D eigenvalue weighted by atomic mass is 10.4. The molecule has 14 heavy (non-hydrogen) atoms. The zero-order valence-corrected chi connectivity index (χ0v) is 7.87. The quantitative estimate of drug-likeness (QED) is 0.431. The summed E-state index contributed by atoms with van der Waals surface area (Å²) in [7, 11) is 0. The van der Waals surface area contributed by atoms with E-state index in [0.29, 0.717) is 0 Å². The van der Waals surface area contributed by atoms with Crippen LogP contribution in [0.1, 0.15) is 0 Å². The molecule has 8 heteroatoms. The third-order valence-corrected chi connectivity index (χ3v) is 2.41. The number of aromatic amines is 2. The van der Waals surface area contributed by atoms with Gasteiger partial charge in [-0.05, 0) is 0 Å². The second-order valence-electron chi connectivity index (χ2n) is 2.46. The van der Waals surface area contributed by atoms with Crippen LogP contribution in [0.5, 0.6) is 0 Å². The molecule has 0 aromatic carbocycles. The Balaban J connectivity index is 2.68. The summed E-state index contributed by atoms with van der Waals surface area (Å²) >= 11 is 0.953. The van der Waals surface area contributed by atoms with Crippen molar-refractivity contribution >= 4 is 11.8 Å². The highest BCUT2D eigenvalue weighted by molar-refractivity contribution is 7.99. The number of aliphatic hydroxyl groups excluding tert-OH is 2. The number of H-pyrrole nitrogens is 2. The Kier molecular flexibility index (Phi) is 3.86. The molecule has 1 heterocycles. The minimum atomic E-state index is -0.909. The number of hydrogen-bond acceptors (Lipinski definition) is 6. The molecule has 0 aliphatic heterocycles. The van der Waals surface area contributed by atoms with Gasteiger partial charge in [0.25, 0.3) is 5.56 Å². The molecule has 0 aliphatic rings. The van der Waals surface area contributed by atoms with Gasteiger partial charge in [-0.1, -0.05) is 11.8 Å². The zero-order valence-electron chi connectivity index (χ0n) is 7.06. The fraction of sp³-hybridized carbons (Fsp3) is 0.500. The SMILES string of the molecule is O=c1[nH]nc(SCC(O)CO)c(=O)[nH]1. The maximum atomic E-state index is 11.0. The molecule has 1 rings (SSSR count). The lowest BCUT2D eigenvalue weighted by molar-refractivity contribution is 0.113. The first kappa shape index (κ1) is 11.0. The Morgan fingerprint density at radius 3 is 2.79 bits per heavy atom. The second-order valence-corrected chi connectivity index (χ2v) is 3.47. The molecule has 1 atom stereocenters. The summed E-state index contributed by atoms with van der Waals surface area (Å²) in [5.41, 5.74) is -1.29. The van der Waals surface area contributed by atoms with E-state index in [2.05, 4.69) is 10.2 Å². The topological polar surface area (TPSA) is 119 Å². The summed E-state index contributed by atoms with van der Waals surface area (Å²) in [6.45, 7) is -0.381. The number of nitrogens with zero attached hydrogens (tertiary/aromatic N) is 1. The molecule has 0 spiro atoms. The van der Waals surface area contributed by atoms with Crippen molar-refractivity contribution in [3.05, 3.63) is 20.8 Å². The van der Waals surface area contributed by atoms with Crippen molar-refractivity contribution in [2.24, 2.45) is 0 Å². The molecule has 1 aromatic rings. The van der Waals surface area contributed by atoms with Gasteiger partial charge >= 0.3 is 5.69 Å². The van der Waals surface area contributed by atoms with Crippen molar-refractivity contribution in [1.29, 1.82) is 0 Å². The predicted molar refractivity (Wildman–Crippen MR) is 49.3 cm³/mol. The van der Waals surface area contributed by atoms with Gasteiger partial charge in [0, 0.05) is 5.75 Å². The molecule has 0 radical (unpaired) electrons. The summed E-state index contributed by atoms with van der Waals surface area (Å²) in [5, 5.41) is 23.1. The van der Waals surface area contributed by atoms with Crippen molar-refractivity contribution in [2.45, 2.75) is 11.1 Å². The Labute approximate surface area is 82.2 Å². The van der Waals surface area contributed by atoms with E-state index < -0.39 is 17.4 Å². The molecule has 0 bridgehead atoms. The Hall–Kier alpha value is -1.12. The molecule has 0 amide bonds. The van der Waals surface area contributed by atoms with Crippen LogP contribution in [0, 0.1) is 0 Å². The van der Waals surface area contributed by atoms with E-state index in [4.69, 9.17) is 10.2 Å². The molecular weight excluding hydrogens is 210 g/mol. The number of hydrogen-bond donors (Lipinski definition) is 4. The normalized spacial score (nSPS) is 12.7. The second kappa shape index (κ2) is 4.94. The van der Waals surface area contributed by atoms with E-state index in [1.165, 1.54) is 0 Å². The van der Waals surface area contributed by atoms with Gasteiger partial charge in [0.05, 0.1) is 12.7 Å². The van der Waals surface area contributed by atoms with E-state index in [9.17, 15) is 9.59 Å². The Bertz CT molecular complexity index is 401. The van der Waals surface area contributed by atoms with Crippen molar-refractivity contribution in [3.8, 4) is 0 Å². The van der Waals surface area contributed by atoms with E-state index in [1.807, 2.05) is 4.98 Å². The van der Waals surface area contributed by atoms with Crippen LogP contribution in [-0.2, 0) is 0 Å². The van der Waals surface area contributed by atoms with Crippen LogP contribution in [0.3, 0.4) is 0 Å². The van der Waals surface area contributed by atoms with Gasteiger partial charge in [-0.15, -0.1) is 0 Å². The van der Waals surface area contributed by atoms with Gasteiger partial charge in [-0.25, -0.2) is 9.89 Å². The molecule has 7 nitrogen and oxygen atoms in total. The Morgan fingerprint density at radius 2 is 2.21 bits per heavy atom. The van der Waals surface area contributed by atoms with E-state index >= 15 is 0 Å². The van der Waals surface area contributed by atoms with Crippen molar-refractivity contribution in [1.82, 2.24) is 15.2 Å². The maximum absolute atomic E-state index is 11.0. The van der Waals surface area contributed by atoms with Crippen LogP contribution in [0.4, 0.5) is 0 Å². The fourth-order valence-corrected chi connectivity index (χ4v) is 1.41. The van der Waals surface area contributed by atoms with Crippen LogP contribution in [0.2, 0.25) is 0 Å². The summed E-state index contributed by atoms with van der Waals surface area (Å²) < 4.78 is 0. The standard InChI is InChI=1S/C6H9N3O4S/c10-1-3(11)2-14-5-4(12)7-6(13)9-8-5/h3,10-11H,1-2H2,(H2,7,9,12,13). The van der Waals surface area contributed by atoms with E-state index in [0.717, 1.165) is 11.8 Å². The highest BCUT2D eigenvalue weighted by Gasteiger charge is 2.07. The van der Waals surface area contributed by atoms with Gasteiger partial charge in [-0.3, -0.25) is 9.78 Å². The fourth-order valence-electron chi connectivity index (χ4n) is 0.663. The van der Waals surface area contributed by atoms with E-state index in [1.54, 1.807) is 0 Å². The van der Waals surface area contributed by atoms with Crippen molar-refractivity contribution in [3.63, 3.8) is 0 Å². The highest BCUT2D eigenvalue weighted by Crippen LogP contribution is 2.09. The van der Waals surface area contributed by atoms with Crippen LogP contribution >= 0.6 is 11.8 Å². The van der Waals surface area contributed by atoms with Gasteiger partial charge in [-0.2, -0.15) is 5.10 Å². The summed E-state index contributed by atoms with van der Waals surface area (Å²) in [5.74, 6) is 0.138. The molecule has 0 saturated carbocycles. The number of thioether (sulfide) groups is 1. The summed E-state index contributed by atoms with van der Waals surface area (Å²) in [6.07, 6.45) is -0.909. The average Bonchev–Trinajstić information content (AvgIpc) is 2.16. The minimum Gasteiger partial charge on any atom is -0.394 e.